The zero-order valence-corrected chi connectivity index (χ0v) is 8.53. The van der Waals surface area contributed by atoms with Crippen LogP contribution in [0.5, 0.6) is 0 Å². The molecule has 0 heterocycles. The summed E-state index contributed by atoms with van der Waals surface area (Å²) in [7, 11) is 0. The van der Waals surface area contributed by atoms with E-state index in [1.807, 2.05) is 0 Å². The second kappa shape index (κ2) is 8.44. The van der Waals surface area contributed by atoms with Crippen molar-refractivity contribution in [1.29, 1.82) is 0 Å². The molecular weight excluding hydrogens is 170 g/mol. The zero-order valence-electron chi connectivity index (χ0n) is 8.53. The minimum atomic E-state index is -0.273. The minimum Gasteiger partial charge on any atom is -0.395 e. The quantitative estimate of drug-likeness (QED) is 0.530. The summed E-state index contributed by atoms with van der Waals surface area (Å²) in [6.45, 7) is 6.45. The fourth-order valence-electron chi connectivity index (χ4n) is 0.724. The summed E-state index contributed by atoms with van der Waals surface area (Å²) >= 11 is 0. The Bertz CT molecular complexity index is 109. The van der Waals surface area contributed by atoms with Crippen molar-refractivity contribution < 1.29 is 14.6 Å². The van der Waals surface area contributed by atoms with Crippen LogP contribution < -0.4 is 5.73 Å². The lowest BCUT2D eigenvalue weighted by Gasteiger charge is -2.10. The average molecular weight is 191 g/mol. The third kappa shape index (κ3) is 9.76. The second-order valence-corrected chi connectivity index (χ2v) is 3.49. The van der Waals surface area contributed by atoms with E-state index in [4.69, 9.17) is 20.3 Å². The standard InChI is InChI=1S/C9H21NO3/c1-8(2)6-12-3-4-13-7-9(10)5-11/h8-9,11H,3-7,10H2,1-2H3. The Hall–Kier alpha value is -0.160. The van der Waals surface area contributed by atoms with E-state index >= 15 is 0 Å². The number of hydrogen-bond donors (Lipinski definition) is 2. The lowest BCUT2D eigenvalue weighted by atomic mass is 10.2. The fourth-order valence-corrected chi connectivity index (χ4v) is 0.724. The smallest absolute Gasteiger partial charge is 0.0701 e. The van der Waals surface area contributed by atoms with Crippen LogP contribution in [0.25, 0.3) is 0 Å². The third-order valence-electron chi connectivity index (χ3n) is 1.39. The van der Waals surface area contributed by atoms with Crippen molar-refractivity contribution in [2.24, 2.45) is 11.7 Å². The van der Waals surface area contributed by atoms with Gasteiger partial charge in [-0.3, -0.25) is 0 Å². The maximum absolute atomic E-state index is 8.57. The van der Waals surface area contributed by atoms with E-state index in [0.29, 0.717) is 25.7 Å². The summed E-state index contributed by atoms with van der Waals surface area (Å²) in [4.78, 5) is 0. The van der Waals surface area contributed by atoms with Crippen molar-refractivity contribution in [3.05, 3.63) is 0 Å². The summed E-state index contributed by atoms with van der Waals surface area (Å²) in [5.74, 6) is 0.555. The summed E-state index contributed by atoms with van der Waals surface area (Å²) in [6.07, 6.45) is 0. The monoisotopic (exact) mass is 191 g/mol. The van der Waals surface area contributed by atoms with Crippen LogP contribution in [0.3, 0.4) is 0 Å². The first-order valence-corrected chi connectivity index (χ1v) is 4.68. The molecule has 0 fully saturated rings. The predicted molar refractivity (Wildman–Crippen MR) is 51.5 cm³/mol. The highest BCUT2D eigenvalue weighted by atomic mass is 16.5. The maximum Gasteiger partial charge on any atom is 0.0701 e. The summed E-state index contributed by atoms with van der Waals surface area (Å²) in [6, 6.07) is -0.273. The molecule has 0 spiro atoms. The van der Waals surface area contributed by atoms with E-state index in [0.717, 1.165) is 6.61 Å². The van der Waals surface area contributed by atoms with Crippen molar-refractivity contribution in [2.75, 3.05) is 33.0 Å². The summed E-state index contributed by atoms with van der Waals surface area (Å²) in [5, 5.41) is 8.57. The highest BCUT2D eigenvalue weighted by Gasteiger charge is 1.99. The molecule has 0 saturated carbocycles. The van der Waals surface area contributed by atoms with E-state index in [1.165, 1.54) is 0 Å². The molecule has 1 unspecified atom stereocenters. The van der Waals surface area contributed by atoms with Gasteiger partial charge in [0.25, 0.3) is 0 Å². The molecule has 13 heavy (non-hydrogen) atoms. The Morgan fingerprint density at radius 1 is 1.15 bits per heavy atom. The van der Waals surface area contributed by atoms with Gasteiger partial charge >= 0.3 is 0 Å². The Kier molecular flexibility index (Phi) is 8.33. The van der Waals surface area contributed by atoms with E-state index in [-0.39, 0.29) is 12.6 Å². The van der Waals surface area contributed by atoms with Gasteiger partial charge in [-0.1, -0.05) is 13.8 Å². The molecule has 0 saturated heterocycles. The third-order valence-corrected chi connectivity index (χ3v) is 1.39. The predicted octanol–water partition coefficient (Wildman–Crippen LogP) is -0.00480. The molecule has 0 aromatic rings. The highest BCUT2D eigenvalue weighted by molar-refractivity contribution is 4.55. The largest absolute Gasteiger partial charge is 0.395 e. The Morgan fingerprint density at radius 2 is 1.69 bits per heavy atom. The topological polar surface area (TPSA) is 64.7 Å². The molecular formula is C9H21NO3. The summed E-state index contributed by atoms with van der Waals surface area (Å²) in [5.41, 5.74) is 5.42. The van der Waals surface area contributed by atoms with Gasteiger partial charge in [-0.15, -0.1) is 0 Å². The van der Waals surface area contributed by atoms with Crippen LogP contribution >= 0.6 is 0 Å². The van der Waals surface area contributed by atoms with Crippen LogP contribution in [-0.4, -0.2) is 44.2 Å². The molecule has 0 aliphatic heterocycles. The van der Waals surface area contributed by atoms with Gasteiger partial charge in [-0.25, -0.2) is 0 Å². The van der Waals surface area contributed by atoms with E-state index in [2.05, 4.69) is 13.8 Å². The number of nitrogens with two attached hydrogens (primary N) is 1. The molecule has 0 bridgehead atoms. The molecule has 0 aromatic carbocycles. The number of ether oxygens (including phenoxy) is 2. The lowest BCUT2D eigenvalue weighted by molar-refractivity contribution is 0.0286. The van der Waals surface area contributed by atoms with Gasteiger partial charge in [-0.05, 0) is 5.92 Å². The van der Waals surface area contributed by atoms with Gasteiger partial charge < -0.3 is 20.3 Å². The van der Waals surface area contributed by atoms with Crippen molar-refractivity contribution >= 4 is 0 Å². The SMILES string of the molecule is CC(C)COCCOCC(N)CO. The molecule has 0 aromatic heterocycles. The fraction of sp³-hybridized carbons (Fsp3) is 1.00. The normalized spacial score (nSPS) is 13.6. The molecule has 80 valence electrons. The van der Waals surface area contributed by atoms with Crippen LogP contribution in [0, 0.1) is 5.92 Å². The van der Waals surface area contributed by atoms with Crippen molar-refractivity contribution in [3.63, 3.8) is 0 Å². The molecule has 0 radical (unpaired) electrons. The van der Waals surface area contributed by atoms with Gasteiger partial charge in [0, 0.05) is 6.61 Å². The van der Waals surface area contributed by atoms with Crippen molar-refractivity contribution in [2.45, 2.75) is 19.9 Å². The van der Waals surface area contributed by atoms with E-state index in [1.54, 1.807) is 0 Å². The molecule has 4 nitrogen and oxygen atoms in total. The molecule has 0 rings (SSSR count). The van der Waals surface area contributed by atoms with Gasteiger partial charge in [0.1, 0.15) is 0 Å². The molecule has 4 heteroatoms. The van der Waals surface area contributed by atoms with Crippen molar-refractivity contribution in [1.82, 2.24) is 0 Å². The number of rotatable bonds is 8. The van der Waals surface area contributed by atoms with Crippen molar-refractivity contribution in [3.8, 4) is 0 Å². The van der Waals surface area contributed by atoms with Gasteiger partial charge in [0.05, 0.1) is 32.5 Å². The minimum absolute atomic E-state index is 0.0349. The average Bonchev–Trinajstić information content (AvgIpc) is 2.10. The number of aliphatic hydroxyl groups excluding tert-OH is 1. The van der Waals surface area contributed by atoms with Crippen LogP contribution in [0.4, 0.5) is 0 Å². The molecule has 0 aliphatic rings. The first kappa shape index (κ1) is 12.8. The maximum atomic E-state index is 8.57. The molecule has 0 aliphatic carbocycles. The highest BCUT2D eigenvalue weighted by Crippen LogP contribution is 1.91. The van der Waals surface area contributed by atoms with Crippen LogP contribution in [-0.2, 0) is 9.47 Å². The van der Waals surface area contributed by atoms with Crippen LogP contribution in [0.15, 0.2) is 0 Å². The molecule has 3 N–H and O–H groups in total. The van der Waals surface area contributed by atoms with Gasteiger partial charge in [0.15, 0.2) is 0 Å². The Balaban J connectivity index is 2.99. The van der Waals surface area contributed by atoms with Crippen LogP contribution in [0.1, 0.15) is 13.8 Å². The van der Waals surface area contributed by atoms with Crippen LogP contribution in [0.2, 0.25) is 0 Å². The Labute approximate surface area is 80.0 Å². The van der Waals surface area contributed by atoms with Gasteiger partial charge in [-0.2, -0.15) is 0 Å². The molecule has 0 amide bonds. The van der Waals surface area contributed by atoms with E-state index < -0.39 is 0 Å². The second-order valence-electron chi connectivity index (χ2n) is 3.49. The number of aliphatic hydroxyl groups is 1. The zero-order chi connectivity index (χ0) is 10.1. The number of hydrogen-bond acceptors (Lipinski definition) is 4. The Morgan fingerprint density at radius 3 is 2.15 bits per heavy atom. The summed E-state index contributed by atoms with van der Waals surface area (Å²) < 4.78 is 10.4. The van der Waals surface area contributed by atoms with E-state index in [9.17, 15) is 0 Å². The first-order chi connectivity index (χ1) is 6.16. The molecule has 1 atom stereocenters. The lowest BCUT2D eigenvalue weighted by Crippen LogP contribution is -2.30. The first-order valence-electron chi connectivity index (χ1n) is 4.68. The van der Waals surface area contributed by atoms with Gasteiger partial charge in [0.2, 0.25) is 0 Å².